The number of rotatable bonds is 7. The third kappa shape index (κ3) is 4.33. The SMILES string of the molecule is O=C1Oc2ccccc2C1c1csc(N(CCCN2CCOCC2)C(=O)c2cccs2)n1. The molecule has 1 unspecified atom stereocenters. The summed E-state index contributed by atoms with van der Waals surface area (Å²) in [4.78, 5) is 35.3. The third-order valence-corrected chi connectivity index (χ3v) is 7.39. The van der Waals surface area contributed by atoms with E-state index in [9.17, 15) is 9.59 Å². The smallest absolute Gasteiger partial charge is 0.325 e. The molecule has 5 rings (SSSR count). The first-order valence-corrected chi connectivity index (χ1v) is 12.4. The maximum absolute atomic E-state index is 13.3. The van der Waals surface area contributed by atoms with E-state index in [1.165, 1.54) is 22.7 Å². The van der Waals surface area contributed by atoms with Crippen molar-refractivity contribution in [3.63, 3.8) is 0 Å². The minimum atomic E-state index is -0.553. The maximum Gasteiger partial charge on any atom is 0.325 e. The van der Waals surface area contributed by atoms with Crippen LogP contribution in [0.2, 0.25) is 0 Å². The van der Waals surface area contributed by atoms with Crippen molar-refractivity contribution >= 4 is 39.7 Å². The van der Waals surface area contributed by atoms with Gasteiger partial charge in [-0.3, -0.25) is 19.4 Å². The van der Waals surface area contributed by atoms with Crippen LogP contribution in [0.15, 0.2) is 47.2 Å². The van der Waals surface area contributed by atoms with Gasteiger partial charge in [0.1, 0.15) is 11.7 Å². The molecule has 1 amide bonds. The van der Waals surface area contributed by atoms with Gasteiger partial charge in [0.2, 0.25) is 0 Å². The van der Waals surface area contributed by atoms with Crippen molar-refractivity contribution in [2.45, 2.75) is 12.3 Å². The van der Waals surface area contributed by atoms with Gasteiger partial charge in [-0.1, -0.05) is 24.3 Å². The number of hydrogen-bond acceptors (Lipinski definition) is 8. The lowest BCUT2D eigenvalue weighted by Crippen LogP contribution is -2.39. The first-order valence-electron chi connectivity index (χ1n) is 10.6. The standard InChI is InChI=1S/C23H23N3O4S2/c27-21(19-7-3-14-31-19)26(9-4-8-25-10-12-29-13-11-25)23-24-17(15-32-23)20-16-5-1-2-6-18(16)30-22(20)28/h1-3,5-7,14-15,20H,4,8-13H2. The van der Waals surface area contributed by atoms with E-state index in [0.29, 0.717) is 28.0 Å². The van der Waals surface area contributed by atoms with Crippen LogP contribution in [-0.4, -0.2) is 61.2 Å². The number of anilines is 1. The van der Waals surface area contributed by atoms with Gasteiger partial charge >= 0.3 is 5.97 Å². The lowest BCUT2D eigenvalue weighted by atomic mass is 9.98. The molecule has 0 bridgehead atoms. The predicted molar refractivity (Wildman–Crippen MR) is 124 cm³/mol. The molecular weight excluding hydrogens is 446 g/mol. The highest BCUT2D eigenvalue weighted by molar-refractivity contribution is 7.14. The molecule has 2 aromatic heterocycles. The molecule has 2 aliphatic rings. The molecule has 0 N–H and O–H groups in total. The molecule has 166 valence electrons. The van der Waals surface area contributed by atoms with E-state index in [2.05, 4.69) is 4.90 Å². The molecular formula is C23H23N3O4S2. The Kier molecular flexibility index (Phi) is 6.31. The summed E-state index contributed by atoms with van der Waals surface area (Å²) in [5.74, 6) is -0.360. The summed E-state index contributed by atoms with van der Waals surface area (Å²) < 4.78 is 10.8. The molecule has 32 heavy (non-hydrogen) atoms. The van der Waals surface area contributed by atoms with Crippen molar-refractivity contribution in [2.75, 3.05) is 44.3 Å². The van der Waals surface area contributed by atoms with Crippen LogP contribution >= 0.6 is 22.7 Å². The minimum Gasteiger partial charge on any atom is -0.425 e. The average Bonchev–Trinajstić information content (AvgIpc) is 3.56. The average molecular weight is 470 g/mol. The van der Waals surface area contributed by atoms with E-state index in [-0.39, 0.29) is 11.9 Å². The number of thiophene rings is 1. The van der Waals surface area contributed by atoms with Crippen LogP contribution in [0.25, 0.3) is 0 Å². The quantitative estimate of drug-likeness (QED) is 0.389. The number of amides is 1. The summed E-state index contributed by atoms with van der Waals surface area (Å²) in [5, 5.41) is 4.37. The number of aromatic nitrogens is 1. The monoisotopic (exact) mass is 469 g/mol. The van der Waals surface area contributed by atoms with Crippen molar-refractivity contribution in [3.8, 4) is 5.75 Å². The highest BCUT2D eigenvalue weighted by Gasteiger charge is 2.36. The molecule has 1 fully saturated rings. The Labute approximate surface area is 194 Å². The van der Waals surface area contributed by atoms with Crippen molar-refractivity contribution in [1.82, 2.24) is 9.88 Å². The van der Waals surface area contributed by atoms with Gasteiger partial charge < -0.3 is 9.47 Å². The lowest BCUT2D eigenvalue weighted by Gasteiger charge is -2.27. The predicted octanol–water partition coefficient (Wildman–Crippen LogP) is 3.62. The summed E-state index contributed by atoms with van der Waals surface area (Å²) in [6.45, 7) is 4.82. The molecule has 3 aromatic rings. The molecule has 7 nitrogen and oxygen atoms in total. The van der Waals surface area contributed by atoms with Crippen LogP contribution in [0.5, 0.6) is 5.75 Å². The zero-order valence-electron chi connectivity index (χ0n) is 17.4. The zero-order chi connectivity index (χ0) is 21.9. The molecule has 0 radical (unpaired) electrons. The van der Waals surface area contributed by atoms with Crippen LogP contribution in [0.4, 0.5) is 5.13 Å². The van der Waals surface area contributed by atoms with Gasteiger partial charge in [-0.25, -0.2) is 4.98 Å². The van der Waals surface area contributed by atoms with Crippen LogP contribution in [-0.2, 0) is 9.53 Å². The molecule has 0 spiro atoms. The van der Waals surface area contributed by atoms with Gasteiger partial charge in [0.25, 0.3) is 5.91 Å². The normalized spacial score (nSPS) is 18.4. The second-order valence-corrected chi connectivity index (χ2v) is 9.47. The van der Waals surface area contributed by atoms with Crippen molar-refractivity contribution in [2.24, 2.45) is 0 Å². The number of carbonyl (C=O) groups is 2. The minimum absolute atomic E-state index is 0.0581. The van der Waals surface area contributed by atoms with E-state index in [4.69, 9.17) is 14.5 Å². The van der Waals surface area contributed by atoms with Crippen LogP contribution in [0.1, 0.15) is 33.3 Å². The number of para-hydroxylation sites is 1. The van der Waals surface area contributed by atoms with Gasteiger partial charge in [0.15, 0.2) is 5.13 Å². The summed E-state index contributed by atoms with van der Waals surface area (Å²) in [6, 6.07) is 11.1. The second-order valence-electron chi connectivity index (χ2n) is 7.69. The second kappa shape index (κ2) is 9.50. The highest BCUT2D eigenvalue weighted by Crippen LogP contribution is 2.40. The number of hydrogen-bond donors (Lipinski definition) is 0. The van der Waals surface area contributed by atoms with E-state index in [0.717, 1.165) is 44.8 Å². The summed E-state index contributed by atoms with van der Waals surface area (Å²) in [5.41, 5.74) is 1.44. The van der Waals surface area contributed by atoms with Gasteiger partial charge in [0, 0.05) is 37.1 Å². The fourth-order valence-corrected chi connectivity index (χ4v) is 5.56. The number of esters is 1. The molecule has 1 aromatic carbocycles. The Hall–Kier alpha value is -2.59. The first-order chi connectivity index (χ1) is 15.7. The Balaban J connectivity index is 1.36. The fourth-order valence-electron chi connectivity index (χ4n) is 4.01. The lowest BCUT2D eigenvalue weighted by molar-refractivity contribution is -0.133. The Bertz CT molecular complexity index is 1090. The van der Waals surface area contributed by atoms with E-state index >= 15 is 0 Å². The number of morpholine rings is 1. The molecule has 4 heterocycles. The molecule has 9 heteroatoms. The number of nitrogens with zero attached hydrogens (tertiary/aromatic N) is 3. The number of carbonyl (C=O) groups excluding carboxylic acids is 2. The van der Waals surface area contributed by atoms with Crippen molar-refractivity contribution in [3.05, 3.63) is 63.3 Å². The number of ether oxygens (including phenoxy) is 2. The molecule has 2 aliphatic heterocycles. The summed E-state index contributed by atoms with van der Waals surface area (Å²) in [6.07, 6.45) is 0.834. The largest absolute Gasteiger partial charge is 0.425 e. The van der Waals surface area contributed by atoms with Crippen LogP contribution in [0.3, 0.4) is 0 Å². The van der Waals surface area contributed by atoms with Gasteiger partial charge in [-0.15, -0.1) is 22.7 Å². The number of thiazole rings is 1. The first kappa shape index (κ1) is 21.3. The maximum atomic E-state index is 13.3. The molecule has 1 atom stereocenters. The van der Waals surface area contributed by atoms with Crippen molar-refractivity contribution in [1.29, 1.82) is 0 Å². The van der Waals surface area contributed by atoms with E-state index in [1.807, 2.05) is 41.1 Å². The van der Waals surface area contributed by atoms with Crippen LogP contribution in [0, 0.1) is 0 Å². The molecule has 0 aliphatic carbocycles. The Morgan fingerprint density at radius 1 is 1.16 bits per heavy atom. The van der Waals surface area contributed by atoms with Gasteiger partial charge in [0.05, 0.1) is 23.8 Å². The molecule has 1 saturated heterocycles. The zero-order valence-corrected chi connectivity index (χ0v) is 19.1. The van der Waals surface area contributed by atoms with Gasteiger partial charge in [-0.05, 0) is 23.9 Å². The Morgan fingerprint density at radius 2 is 2.00 bits per heavy atom. The highest BCUT2D eigenvalue weighted by atomic mass is 32.1. The van der Waals surface area contributed by atoms with E-state index < -0.39 is 5.92 Å². The van der Waals surface area contributed by atoms with Crippen molar-refractivity contribution < 1.29 is 19.1 Å². The summed E-state index contributed by atoms with van der Waals surface area (Å²) in [7, 11) is 0. The third-order valence-electron chi connectivity index (χ3n) is 5.65. The number of fused-ring (bicyclic) bond motifs is 1. The fraction of sp³-hybridized carbons (Fsp3) is 0.348. The topological polar surface area (TPSA) is 72.0 Å². The van der Waals surface area contributed by atoms with Gasteiger partial charge in [-0.2, -0.15) is 0 Å². The number of benzene rings is 1. The Morgan fingerprint density at radius 3 is 2.81 bits per heavy atom. The van der Waals surface area contributed by atoms with E-state index in [1.54, 1.807) is 11.0 Å². The molecule has 0 saturated carbocycles. The van der Waals surface area contributed by atoms with Crippen LogP contribution < -0.4 is 9.64 Å². The summed E-state index contributed by atoms with van der Waals surface area (Å²) >= 11 is 2.81.